The van der Waals surface area contributed by atoms with Crippen LogP contribution in [0.15, 0.2) is 17.8 Å². The van der Waals surface area contributed by atoms with Gasteiger partial charge in [0.15, 0.2) is 4.96 Å². The summed E-state index contributed by atoms with van der Waals surface area (Å²) in [7, 11) is 0. The molecule has 1 N–H and O–H groups in total. The predicted molar refractivity (Wildman–Crippen MR) is 71.6 cm³/mol. The molecule has 3 rings (SSSR count). The van der Waals surface area contributed by atoms with Crippen LogP contribution in [0.25, 0.3) is 4.96 Å². The molecular formula is C13H19N3S. The molecule has 1 aliphatic rings. The van der Waals surface area contributed by atoms with Crippen LogP contribution in [-0.4, -0.2) is 22.5 Å². The van der Waals surface area contributed by atoms with Crippen molar-refractivity contribution in [2.24, 2.45) is 5.41 Å². The average Bonchev–Trinajstić information content (AvgIpc) is 2.81. The van der Waals surface area contributed by atoms with Gasteiger partial charge in [-0.15, -0.1) is 11.3 Å². The molecule has 92 valence electrons. The Balaban J connectivity index is 1.74. The lowest BCUT2D eigenvalue weighted by atomic mass is 9.66. The molecule has 2 heterocycles. The molecule has 0 radical (unpaired) electrons. The van der Waals surface area contributed by atoms with Crippen molar-refractivity contribution >= 4 is 16.3 Å². The molecule has 4 heteroatoms. The maximum absolute atomic E-state index is 4.70. The molecule has 0 atom stereocenters. The number of thiazole rings is 1. The van der Waals surface area contributed by atoms with E-state index in [4.69, 9.17) is 4.98 Å². The van der Waals surface area contributed by atoms with Gasteiger partial charge in [0.2, 0.25) is 0 Å². The Morgan fingerprint density at radius 1 is 1.53 bits per heavy atom. The zero-order valence-electron chi connectivity index (χ0n) is 10.3. The van der Waals surface area contributed by atoms with Gasteiger partial charge in [-0.25, -0.2) is 4.98 Å². The minimum Gasteiger partial charge on any atom is -0.316 e. The Hall–Kier alpha value is -0.870. The summed E-state index contributed by atoms with van der Waals surface area (Å²) in [4.78, 5) is 5.82. The molecule has 0 unspecified atom stereocenters. The average molecular weight is 249 g/mol. The first-order valence-corrected chi connectivity index (χ1v) is 7.31. The number of imidazole rings is 1. The smallest absolute Gasteiger partial charge is 0.193 e. The monoisotopic (exact) mass is 249 g/mol. The van der Waals surface area contributed by atoms with Crippen LogP contribution in [0.1, 0.15) is 31.9 Å². The van der Waals surface area contributed by atoms with E-state index in [2.05, 4.69) is 34.4 Å². The van der Waals surface area contributed by atoms with E-state index >= 15 is 0 Å². The fourth-order valence-electron chi connectivity index (χ4n) is 2.73. The molecular weight excluding hydrogens is 230 g/mol. The van der Waals surface area contributed by atoms with Crippen LogP contribution < -0.4 is 5.32 Å². The minimum atomic E-state index is 0.486. The lowest BCUT2D eigenvalue weighted by molar-refractivity contribution is 0.130. The largest absolute Gasteiger partial charge is 0.316 e. The van der Waals surface area contributed by atoms with Crippen molar-refractivity contribution in [3.63, 3.8) is 0 Å². The predicted octanol–water partition coefficient (Wildman–Crippen LogP) is 2.72. The quantitative estimate of drug-likeness (QED) is 0.883. The lowest BCUT2D eigenvalue weighted by Crippen LogP contribution is -2.41. The number of nitrogens with one attached hydrogen (secondary N) is 1. The van der Waals surface area contributed by atoms with E-state index in [0.29, 0.717) is 5.41 Å². The molecule has 0 spiro atoms. The van der Waals surface area contributed by atoms with Crippen molar-refractivity contribution in [3.8, 4) is 0 Å². The van der Waals surface area contributed by atoms with E-state index in [1.54, 1.807) is 11.3 Å². The maximum atomic E-state index is 4.70. The van der Waals surface area contributed by atoms with Crippen LogP contribution in [0.5, 0.6) is 0 Å². The number of nitrogens with zero attached hydrogens (tertiary/aromatic N) is 2. The van der Waals surface area contributed by atoms with Crippen LogP contribution in [-0.2, 0) is 6.42 Å². The van der Waals surface area contributed by atoms with Gasteiger partial charge in [0.25, 0.3) is 0 Å². The summed E-state index contributed by atoms with van der Waals surface area (Å²) in [5.41, 5.74) is 1.74. The first kappa shape index (κ1) is 11.2. The highest BCUT2D eigenvalue weighted by atomic mass is 32.1. The van der Waals surface area contributed by atoms with E-state index in [0.717, 1.165) is 24.5 Å². The number of hydrogen-bond acceptors (Lipinski definition) is 3. The fourth-order valence-corrected chi connectivity index (χ4v) is 3.45. The highest BCUT2D eigenvalue weighted by Gasteiger charge is 2.37. The van der Waals surface area contributed by atoms with Gasteiger partial charge in [-0.2, -0.15) is 0 Å². The molecule has 1 aliphatic carbocycles. The molecule has 3 nitrogen and oxygen atoms in total. The van der Waals surface area contributed by atoms with Gasteiger partial charge in [0.1, 0.15) is 0 Å². The van der Waals surface area contributed by atoms with E-state index in [1.165, 1.54) is 25.0 Å². The third kappa shape index (κ3) is 2.11. The molecule has 1 saturated carbocycles. The Morgan fingerprint density at radius 2 is 2.41 bits per heavy atom. The standard InChI is InChI=1S/C13H19N3S/c1-2-14-10-13(4-3-5-13)8-11-9-16-6-7-17-12(16)15-11/h6-7,9,14H,2-5,8,10H2,1H3. The van der Waals surface area contributed by atoms with Crippen molar-refractivity contribution in [2.75, 3.05) is 13.1 Å². The summed E-state index contributed by atoms with van der Waals surface area (Å²) in [6.07, 6.45) is 9.50. The van der Waals surface area contributed by atoms with E-state index in [1.807, 2.05) is 0 Å². The van der Waals surface area contributed by atoms with Crippen LogP contribution >= 0.6 is 11.3 Å². The van der Waals surface area contributed by atoms with Gasteiger partial charge in [-0.1, -0.05) is 13.3 Å². The second-order valence-electron chi connectivity index (χ2n) is 5.14. The van der Waals surface area contributed by atoms with Crippen LogP contribution in [0.4, 0.5) is 0 Å². The maximum Gasteiger partial charge on any atom is 0.193 e. The number of hydrogen-bond donors (Lipinski definition) is 1. The summed E-state index contributed by atoms with van der Waals surface area (Å²) < 4.78 is 2.14. The van der Waals surface area contributed by atoms with Crippen molar-refractivity contribution < 1.29 is 0 Å². The summed E-state index contributed by atoms with van der Waals surface area (Å²) in [5, 5.41) is 5.59. The molecule has 0 aromatic carbocycles. The fraction of sp³-hybridized carbons (Fsp3) is 0.615. The zero-order chi connectivity index (χ0) is 11.7. The minimum absolute atomic E-state index is 0.486. The number of aromatic nitrogens is 2. The first-order valence-electron chi connectivity index (χ1n) is 6.43. The molecule has 2 aromatic heterocycles. The second-order valence-corrected chi connectivity index (χ2v) is 6.01. The number of fused-ring (bicyclic) bond motifs is 1. The van der Waals surface area contributed by atoms with Gasteiger partial charge in [-0.05, 0) is 31.2 Å². The van der Waals surface area contributed by atoms with E-state index < -0.39 is 0 Å². The molecule has 0 aliphatic heterocycles. The van der Waals surface area contributed by atoms with Gasteiger partial charge < -0.3 is 5.32 Å². The zero-order valence-corrected chi connectivity index (χ0v) is 11.1. The van der Waals surface area contributed by atoms with Crippen LogP contribution in [0.3, 0.4) is 0 Å². The summed E-state index contributed by atoms with van der Waals surface area (Å²) in [5.74, 6) is 0. The van der Waals surface area contributed by atoms with Crippen LogP contribution in [0, 0.1) is 5.41 Å². The van der Waals surface area contributed by atoms with Crippen LogP contribution in [0.2, 0.25) is 0 Å². The highest BCUT2D eigenvalue weighted by molar-refractivity contribution is 7.15. The lowest BCUT2D eigenvalue weighted by Gasteiger charge is -2.42. The van der Waals surface area contributed by atoms with Crippen molar-refractivity contribution in [2.45, 2.75) is 32.6 Å². The van der Waals surface area contributed by atoms with Gasteiger partial charge in [0.05, 0.1) is 5.69 Å². The molecule has 0 saturated heterocycles. The second kappa shape index (κ2) is 4.42. The Labute approximate surface area is 106 Å². The SMILES string of the molecule is CCNCC1(Cc2cn3ccsc3n2)CCC1. The van der Waals surface area contributed by atoms with Crippen molar-refractivity contribution in [3.05, 3.63) is 23.5 Å². The Morgan fingerprint density at radius 3 is 3.06 bits per heavy atom. The van der Waals surface area contributed by atoms with Gasteiger partial charge in [-0.3, -0.25) is 4.40 Å². The highest BCUT2D eigenvalue weighted by Crippen LogP contribution is 2.43. The van der Waals surface area contributed by atoms with Gasteiger partial charge >= 0.3 is 0 Å². The molecule has 17 heavy (non-hydrogen) atoms. The summed E-state index contributed by atoms with van der Waals surface area (Å²) in [6.45, 7) is 4.40. The third-order valence-electron chi connectivity index (χ3n) is 3.86. The first-order chi connectivity index (χ1) is 8.31. The Bertz CT molecular complexity index is 467. The molecule has 0 bridgehead atoms. The summed E-state index contributed by atoms with van der Waals surface area (Å²) >= 11 is 1.71. The van der Waals surface area contributed by atoms with Gasteiger partial charge in [0, 0.05) is 24.3 Å². The Kier molecular flexibility index (Phi) is 2.92. The third-order valence-corrected chi connectivity index (χ3v) is 4.63. The topological polar surface area (TPSA) is 29.3 Å². The summed E-state index contributed by atoms with van der Waals surface area (Å²) in [6, 6.07) is 0. The van der Waals surface area contributed by atoms with E-state index in [-0.39, 0.29) is 0 Å². The molecule has 1 fully saturated rings. The van der Waals surface area contributed by atoms with Crippen molar-refractivity contribution in [1.29, 1.82) is 0 Å². The van der Waals surface area contributed by atoms with E-state index in [9.17, 15) is 0 Å². The normalized spacial score (nSPS) is 18.4. The number of rotatable bonds is 5. The van der Waals surface area contributed by atoms with Crippen molar-refractivity contribution in [1.82, 2.24) is 14.7 Å². The molecule has 2 aromatic rings. The molecule has 0 amide bonds.